The number of carbonyl (C=O) groups excluding carboxylic acids is 1. The summed E-state index contributed by atoms with van der Waals surface area (Å²) in [5, 5.41) is 9.16. The molecule has 0 spiro atoms. The summed E-state index contributed by atoms with van der Waals surface area (Å²) < 4.78 is 4.58. The van der Waals surface area contributed by atoms with Crippen LogP contribution < -0.4 is 0 Å². The number of carboxylic acids is 1. The maximum absolute atomic E-state index is 11.7. The third-order valence-corrected chi connectivity index (χ3v) is 2.71. The number of nitrogens with zero attached hydrogens (tertiary/aromatic N) is 2. The molecule has 0 aliphatic carbocycles. The Hall–Kier alpha value is -2.76. The van der Waals surface area contributed by atoms with Gasteiger partial charge in [0, 0.05) is 5.56 Å². The number of aromatic carboxylic acids is 1. The molecule has 0 unspecified atom stereocenters. The molecule has 0 radical (unpaired) electrons. The Labute approximate surface area is 115 Å². The number of carboxylic acid groups (broad SMARTS) is 1. The van der Waals surface area contributed by atoms with E-state index in [1.54, 1.807) is 24.3 Å². The van der Waals surface area contributed by atoms with Crippen molar-refractivity contribution in [3.8, 4) is 11.4 Å². The lowest BCUT2D eigenvalue weighted by Gasteiger charge is -2.09. The van der Waals surface area contributed by atoms with Crippen LogP contribution in [0.1, 0.15) is 26.5 Å². The predicted octanol–water partition coefficient (Wildman–Crippen LogP) is 1.94. The molecule has 20 heavy (non-hydrogen) atoms. The van der Waals surface area contributed by atoms with Gasteiger partial charge < -0.3 is 9.84 Å². The van der Waals surface area contributed by atoms with E-state index in [0.29, 0.717) is 5.56 Å². The molecule has 1 N–H and O–H groups in total. The van der Waals surface area contributed by atoms with E-state index in [2.05, 4.69) is 14.7 Å². The van der Waals surface area contributed by atoms with Crippen LogP contribution >= 0.6 is 0 Å². The van der Waals surface area contributed by atoms with Crippen molar-refractivity contribution in [2.45, 2.75) is 6.92 Å². The van der Waals surface area contributed by atoms with Crippen molar-refractivity contribution in [2.75, 3.05) is 7.11 Å². The highest BCUT2D eigenvalue weighted by molar-refractivity contribution is 6.02. The van der Waals surface area contributed by atoms with Crippen molar-refractivity contribution in [1.82, 2.24) is 9.97 Å². The van der Waals surface area contributed by atoms with Gasteiger partial charge in [-0.25, -0.2) is 19.6 Å². The molecular formula is C14H12N2O4. The minimum absolute atomic E-state index is 0.215. The van der Waals surface area contributed by atoms with Gasteiger partial charge in [0.2, 0.25) is 0 Å². The fourth-order valence-electron chi connectivity index (χ4n) is 1.79. The van der Waals surface area contributed by atoms with E-state index < -0.39 is 11.9 Å². The van der Waals surface area contributed by atoms with E-state index in [1.807, 2.05) is 6.07 Å². The zero-order valence-electron chi connectivity index (χ0n) is 11.0. The van der Waals surface area contributed by atoms with Gasteiger partial charge in [-0.05, 0) is 6.92 Å². The van der Waals surface area contributed by atoms with Gasteiger partial charge in [0.05, 0.1) is 12.8 Å². The Bertz CT molecular complexity index is 668. The highest BCUT2D eigenvalue weighted by atomic mass is 16.5. The standard InChI is InChI=1S/C14H12N2O4/c1-8-10(13(17)18)11(14(19)20-2)16-12(15-8)9-6-4-3-5-7-9/h3-7H,1-2H3,(H,17,18). The van der Waals surface area contributed by atoms with Gasteiger partial charge >= 0.3 is 11.9 Å². The molecule has 0 saturated heterocycles. The number of ether oxygens (including phenoxy) is 1. The Morgan fingerprint density at radius 3 is 2.35 bits per heavy atom. The normalized spacial score (nSPS) is 10.1. The molecule has 0 aliphatic rings. The number of rotatable bonds is 3. The molecule has 6 nitrogen and oxygen atoms in total. The van der Waals surface area contributed by atoms with E-state index in [4.69, 9.17) is 5.11 Å². The smallest absolute Gasteiger partial charge is 0.357 e. The summed E-state index contributed by atoms with van der Waals surface area (Å²) in [6.07, 6.45) is 0. The number of esters is 1. The first-order chi connectivity index (χ1) is 9.54. The summed E-state index contributed by atoms with van der Waals surface area (Å²) in [5.74, 6) is -1.78. The molecule has 2 aromatic rings. The molecule has 0 atom stereocenters. The molecule has 1 aromatic carbocycles. The molecule has 0 saturated carbocycles. The maximum atomic E-state index is 11.7. The zero-order valence-corrected chi connectivity index (χ0v) is 11.0. The first kappa shape index (κ1) is 13.7. The summed E-state index contributed by atoms with van der Waals surface area (Å²) in [6.45, 7) is 1.52. The van der Waals surface area contributed by atoms with E-state index in [1.165, 1.54) is 14.0 Å². The van der Waals surface area contributed by atoms with Gasteiger partial charge in [0.1, 0.15) is 5.56 Å². The van der Waals surface area contributed by atoms with Crippen LogP contribution in [-0.2, 0) is 4.74 Å². The average Bonchev–Trinajstić information content (AvgIpc) is 2.46. The quantitative estimate of drug-likeness (QED) is 0.859. The molecule has 1 aromatic heterocycles. The highest BCUT2D eigenvalue weighted by Gasteiger charge is 2.24. The summed E-state index contributed by atoms with van der Waals surface area (Å²) in [4.78, 5) is 31.1. The first-order valence-corrected chi connectivity index (χ1v) is 5.80. The molecular weight excluding hydrogens is 260 g/mol. The number of benzene rings is 1. The molecule has 0 fully saturated rings. The van der Waals surface area contributed by atoms with Crippen molar-refractivity contribution in [2.24, 2.45) is 0 Å². The zero-order chi connectivity index (χ0) is 14.7. The average molecular weight is 272 g/mol. The van der Waals surface area contributed by atoms with Crippen LogP contribution in [-0.4, -0.2) is 34.1 Å². The molecule has 0 bridgehead atoms. The van der Waals surface area contributed by atoms with Gasteiger partial charge in [0.25, 0.3) is 0 Å². The molecule has 0 amide bonds. The number of hydrogen-bond acceptors (Lipinski definition) is 5. The van der Waals surface area contributed by atoms with Gasteiger partial charge in [-0.15, -0.1) is 0 Å². The van der Waals surface area contributed by atoms with Crippen molar-refractivity contribution in [1.29, 1.82) is 0 Å². The number of methoxy groups -OCH3 is 1. The van der Waals surface area contributed by atoms with Crippen LogP contribution in [0, 0.1) is 6.92 Å². The van der Waals surface area contributed by atoms with Crippen molar-refractivity contribution in [3.05, 3.63) is 47.3 Å². The van der Waals surface area contributed by atoms with Gasteiger partial charge in [-0.2, -0.15) is 0 Å². The summed E-state index contributed by atoms with van der Waals surface area (Å²) in [6, 6.07) is 8.99. The fourth-order valence-corrected chi connectivity index (χ4v) is 1.79. The fraction of sp³-hybridized carbons (Fsp3) is 0.143. The highest BCUT2D eigenvalue weighted by Crippen LogP contribution is 2.19. The predicted molar refractivity (Wildman–Crippen MR) is 70.5 cm³/mol. The van der Waals surface area contributed by atoms with E-state index in [9.17, 15) is 9.59 Å². The van der Waals surface area contributed by atoms with E-state index >= 15 is 0 Å². The minimum atomic E-state index is -1.26. The topological polar surface area (TPSA) is 89.4 Å². The minimum Gasteiger partial charge on any atom is -0.478 e. The second kappa shape index (κ2) is 5.48. The van der Waals surface area contributed by atoms with Crippen LogP contribution in [0.15, 0.2) is 30.3 Å². The van der Waals surface area contributed by atoms with Gasteiger partial charge in [0.15, 0.2) is 11.5 Å². The SMILES string of the molecule is COC(=O)c1nc(-c2ccccc2)nc(C)c1C(=O)O. The molecule has 2 rings (SSSR count). The first-order valence-electron chi connectivity index (χ1n) is 5.80. The monoisotopic (exact) mass is 272 g/mol. The van der Waals surface area contributed by atoms with Crippen molar-refractivity contribution < 1.29 is 19.4 Å². The molecule has 102 valence electrons. The second-order valence-electron chi connectivity index (χ2n) is 4.02. The van der Waals surface area contributed by atoms with Crippen molar-refractivity contribution in [3.63, 3.8) is 0 Å². The lowest BCUT2D eigenvalue weighted by molar-refractivity contribution is 0.0575. The van der Waals surface area contributed by atoms with Gasteiger partial charge in [-0.1, -0.05) is 30.3 Å². The Morgan fingerprint density at radius 2 is 1.80 bits per heavy atom. The number of hydrogen-bond donors (Lipinski definition) is 1. The van der Waals surface area contributed by atoms with Crippen LogP contribution in [0.5, 0.6) is 0 Å². The van der Waals surface area contributed by atoms with E-state index in [-0.39, 0.29) is 22.8 Å². The van der Waals surface area contributed by atoms with Crippen LogP contribution in [0.4, 0.5) is 0 Å². The van der Waals surface area contributed by atoms with Gasteiger partial charge in [-0.3, -0.25) is 0 Å². The third kappa shape index (κ3) is 2.49. The Morgan fingerprint density at radius 1 is 1.15 bits per heavy atom. The summed E-state index contributed by atoms with van der Waals surface area (Å²) in [5.41, 5.74) is 0.423. The Balaban J connectivity index is 2.67. The van der Waals surface area contributed by atoms with Crippen LogP contribution in [0.2, 0.25) is 0 Å². The summed E-state index contributed by atoms with van der Waals surface area (Å²) in [7, 11) is 1.17. The summed E-state index contributed by atoms with van der Waals surface area (Å²) >= 11 is 0. The maximum Gasteiger partial charge on any atom is 0.357 e. The number of carbonyl (C=O) groups is 2. The Kier molecular flexibility index (Phi) is 3.74. The largest absolute Gasteiger partial charge is 0.478 e. The van der Waals surface area contributed by atoms with Crippen LogP contribution in [0.3, 0.4) is 0 Å². The number of aromatic nitrogens is 2. The molecule has 6 heteroatoms. The third-order valence-electron chi connectivity index (χ3n) is 2.71. The van der Waals surface area contributed by atoms with Crippen molar-refractivity contribution >= 4 is 11.9 Å². The lowest BCUT2D eigenvalue weighted by atomic mass is 10.1. The number of aryl methyl sites for hydroxylation is 1. The second-order valence-corrected chi connectivity index (χ2v) is 4.02. The molecule has 0 aliphatic heterocycles. The lowest BCUT2D eigenvalue weighted by Crippen LogP contribution is -2.16. The van der Waals surface area contributed by atoms with Crippen LogP contribution in [0.25, 0.3) is 11.4 Å². The van der Waals surface area contributed by atoms with E-state index in [0.717, 1.165) is 0 Å². The molecule has 1 heterocycles.